The summed E-state index contributed by atoms with van der Waals surface area (Å²) in [5.74, 6) is 0.252. The van der Waals surface area contributed by atoms with E-state index in [4.69, 9.17) is 0 Å². The second kappa shape index (κ2) is 5.63. The molecule has 1 aliphatic rings. The Morgan fingerprint density at radius 1 is 1.42 bits per heavy atom. The van der Waals surface area contributed by atoms with Gasteiger partial charge in [-0.3, -0.25) is 10.1 Å². The van der Waals surface area contributed by atoms with E-state index in [0.29, 0.717) is 0 Å². The molecule has 2 unspecified atom stereocenters. The molecule has 1 aromatic heterocycles. The Labute approximate surface area is 120 Å². The average molecular weight is 280 g/mol. The Morgan fingerprint density at radius 2 is 2.16 bits per heavy atom. The molecule has 3 nitrogen and oxygen atoms in total. The fourth-order valence-corrected chi connectivity index (χ4v) is 3.19. The molecule has 2 heterocycles. The van der Waals surface area contributed by atoms with E-state index < -0.39 is 0 Å². The minimum absolute atomic E-state index is 0.0280. The molecule has 4 heteroatoms. The van der Waals surface area contributed by atoms with Crippen molar-refractivity contribution < 1.29 is 4.79 Å². The molecule has 1 saturated heterocycles. The van der Waals surface area contributed by atoms with Gasteiger partial charge in [0.2, 0.25) is 5.91 Å². The van der Waals surface area contributed by atoms with E-state index in [9.17, 15) is 4.79 Å². The minimum Gasteiger partial charge on any atom is -0.320 e. The quantitative estimate of drug-likeness (QED) is 0.896. The maximum Gasteiger partial charge on any atom is 0.241 e. The van der Waals surface area contributed by atoms with Crippen LogP contribution in [0.3, 0.4) is 0 Å². The van der Waals surface area contributed by atoms with Crippen LogP contribution in [0.25, 0.3) is 0 Å². The van der Waals surface area contributed by atoms with Gasteiger partial charge < -0.3 is 4.90 Å². The van der Waals surface area contributed by atoms with Crippen molar-refractivity contribution in [2.24, 2.45) is 5.41 Å². The first-order valence-electron chi connectivity index (χ1n) is 7.08. The standard InChI is InChI=1S/C15H24N2OS/c1-5-11-14(18)17(10-15(3,4)6-2)13(16-11)12-8-7-9-19-12/h7-9,11,13,16H,5-6,10H2,1-4H3. The van der Waals surface area contributed by atoms with E-state index in [2.05, 4.69) is 50.5 Å². The van der Waals surface area contributed by atoms with Crippen molar-refractivity contribution in [1.29, 1.82) is 0 Å². The molecule has 1 N–H and O–H groups in total. The van der Waals surface area contributed by atoms with Gasteiger partial charge in [0.15, 0.2) is 0 Å². The first-order chi connectivity index (χ1) is 8.98. The zero-order valence-corrected chi connectivity index (χ0v) is 13.1. The van der Waals surface area contributed by atoms with E-state index >= 15 is 0 Å². The fourth-order valence-electron chi connectivity index (χ4n) is 2.40. The van der Waals surface area contributed by atoms with Gasteiger partial charge in [-0.2, -0.15) is 0 Å². The van der Waals surface area contributed by atoms with Gasteiger partial charge in [0, 0.05) is 11.4 Å². The fraction of sp³-hybridized carbons (Fsp3) is 0.667. The Hall–Kier alpha value is -0.870. The summed E-state index contributed by atoms with van der Waals surface area (Å²) in [6.45, 7) is 9.52. The maximum absolute atomic E-state index is 12.5. The molecule has 106 valence electrons. The molecule has 1 aromatic rings. The molecular weight excluding hydrogens is 256 g/mol. The van der Waals surface area contributed by atoms with Crippen LogP contribution in [0, 0.1) is 5.41 Å². The highest BCUT2D eigenvalue weighted by molar-refractivity contribution is 7.10. The molecule has 1 fully saturated rings. The molecule has 1 amide bonds. The zero-order valence-electron chi connectivity index (χ0n) is 12.3. The third kappa shape index (κ3) is 3.00. The third-order valence-corrected chi connectivity index (χ3v) is 4.95. The Bertz CT molecular complexity index is 427. The number of hydrogen-bond donors (Lipinski definition) is 1. The van der Waals surface area contributed by atoms with Gasteiger partial charge >= 0.3 is 0 Å². The molecular formula is C15H24N2OS. The third-order valence-electron chi connectivity index (χ3n) is 4.03. The summed E-state index contributed by atoms with van der Waals surface area (Å²) in [6.07, 6.45) is 1.98. The van der Waals surface area contributed by atoms with E-state index in [1.165, 1.54) is 4.88 Å². The molecule has 1 aliphatic heterocycles. The summed E-state index contributed by atoms with van der Waals surface area (Å²) in [5.41, 5.74) is 0.162. The highest BCUT2D eigenvalue weighted by atomic mass is 32.1. The van der Waals surface area contributed by atoms with Crippen molar-refractivity contribution in [2.75, 3.05) is 6.54 Å². The van der Waals surface area contributed by atoms with Crippen LogP contribution in [0.4, 0.5) is 0 Å². The normalized spacial score (nSPS) is 24.2. The molecule has 2 rings (SSSR count). The van der Waals surface area contributed by atoms with Crippen molar-refractivity contribution in [3.8, 4) is 0 Å². The van der Waals surface area contributed by atoms with Crippen LogP contribution >= 0.6 is 11.3 Å². The van der Waals surface area contributed by atoms with Gasteiger partial charge in [-0.15, -0.1) is 11.3 Å². The first kappa shape index (κ1) is 14.5. The summed E-state index contributed by atoms with van der Waals surface area (Å²) in [4.78, 5) is 15.8. The SMILES string of the molecule is CCC1NC(c2cccs2)N(CC(C)(C)CC)C1=O. The second-order valence-electron chi connectivity index (χ2n) is 6.03. The number of rotatable bonds is 5. The van der Waals surface area contributed by atoms with Crippen LogP contribution in [-0.4, -0.2) is 23.4 Å². The van der Waals surface area contributed by atoms with Gasteiger partial charge in [0.1, 0.15) is 6.17 Å². The number of carbonyl (C=O) groups excluding carboxylic acids is 1. The summed E-state index contributed by atoms with van der Waals surface area (Å²) >= 11 is 1.72. The number of carbonyl (C=O) groups is 1. The van der Waals surface area contributed by atoms with Crippen molar-refractivity contribution >= 4 is 17.2 Å². The van der Waals surface area contributed by atoms with Gasteiger partial charge in [0.25, 0.3) is 0 Å². The average Bonchev–Trinajstić information content (AvgIpc) is 2.99. The zero-order chi connectivity index (χ0) is 14.0. The summed E-state index contributed by atoms with van der Waals surface area (Å²) in [5, 5.41) is 5.55. The van der Waals surface area contributed by atoms with Crippen molar-refractivity contribution in [3.63, 3.8) is 0 Å². The lowest BCUT2D eigenvalue weighted by atomic mass is 9.89. The Morgan fingerprint density at radius 3 is 2.68 bits per heavy atom. The van der Waals surface area contributed by atoms with Gasteiger partial charge in [-0.05, 0) is 29.7 Å². The lowest BCUT2D eigenvalue weighted by Gasteiger charge is -2.32. The molecule has 0 spiro atoms. The summed E-state index contributed by atoms with van der Waals surface area (Å²) < 4.78 is 0. The van der Waals surface area contributed by atoms with Crippen molar-refractivity contribution in [3.05, 3.63) is 22.4 Å². The number of hydrogen-bond acceptors (Lipinski definition) is 3. The Kier molecular flexibility index (Phi) is 4.31. The second-order valence-corrected chi connectivity index (χ2v) is 7.01. The molecule has 0 aromatic carbocycles. The number of thiophene rings is 1. The maximum atomic E-state index is 12.5. The molecule has 0 saturated carbocycles. The highest BCUT2D eigenvalue weighted by Crippen LogP contribution is 2.33. The van der Waals surface area contributed by atoms with Gasteiger partial charge in [0.05, 0.1) is 6.04 Å². The first-order valence-corrected chi connectivity index (χ1v) is 7.96. The molecule has 0 aliphatic carbocycles. The van der Waals surface area contributed by atoms with Crippen LogP contribution in [0.1, 0.15) is 51.6 Å². The predicted octanol–water partition coefficient (Wildman–Crippen LogP) is 3.39. The molecule has 19 heavy (non-hydrogen) atoms. The van der Waals surface area contributed by atoms with Gasteiger partial charge in [-0.25, -0.2) is 0 Å². The lowest BCUT2D eigenvalue weighted by molar-refractivity contribution is -0.131. The number of nitrogens with zero attached hydrogens (tertiary/aromatic N) is 1. The van der Waals surface area contributed by atoms with Crippen LogP contribution < -0.4 is 5.32 Å². The van der Waals surface area contributed by atoms with Crippen LogP contribution in [0.15, 0.2) is 17.5 Å². The summed E-state index contributed by atoms with van der Waals surface area (Å²) in [6, 6.07) is 4.13. The van der Waals surface area contributed by atoms with E-state index in [1.54, 1.807) is 11.3 Å². The molecule has 0 radical (unpaired) electrons. The van der Waals surface area contributed by atoms with Gasteiger partial charge in [-0.1, -0.05) is 33.8 Å². The van der Waals surface area contributed by atoms with E-state index in [0.717, 1.165) is 19.4 Å². The number of nitrogens with one attached hydrogen (secondary N) is 1. The van der Waals surface area contributed by atoms with Crippen LogP contribution in [0.5, 0.6) is 0 Å². The highest BCUT2D eigenvalue weighted by Gasteiger charge is 2.40. The largest absolute Gasteiger partial charge is 0.320 e. The monoisotopic (exact) mass is 280 g/mol. The van der Waals surface area contributed by atoms with Crippen LogP contribution in [0.2, 0.25) is 0 Å². The topological polar surface area (TPSA) is 32.3 Å². The Balaban J connectivity index is 2.23. The molecule has 2 atom stereocenters. The van der Waals surface area contributed by atoms with E-state index in [1.807, 2.05) is 4.90 Å². The lowest BCUT2D eigenvalue weighted by Crippen LogP contribution is -2.38. The minimum atomic E-state index is -0.0280. The number of amides is 1. The summed E-state index contributed by atoms with van der Waals surface area (Å²) in [7, 11) is 0. The molecule has 0 bridgehead atoms. The van der Waals surface area contributed by atoms with Crippen molar-refractivity contribution in [1.82, 2.24) is 10.2 Å². The smallest absolute Gasteiger partial charge is 0.241 e. The van der Waals surface area contributed by atoms with Crippen molar-refractivity contribution in [2.45, 2.75) is 52.7 Å². The van der Waals surface area contributed by atoms with Crippen LogP contribution in [-0.2, 0) is 4.79 Å². The predicted molar refractivity (Wildman–Crippen MR) is 80.1 cm³/mol. The van der Waals surface area contributed by atoms with E-state index in [-0.39, 0.29) is 23.5 Å².